The van der Waals surface area contributed by atoms with E-state index < -0.39 is 0 Å². The molecule has 7 nitrogen and oxygen atoms in total. The summed E-state index contributed by atoms with van der Waals surface area (Å²) < 4.78 is 5.30. The highest BCUT2D eigenvalue weighted by Gasteiger charge is 2.25. The van der Waals surface area contributed by atoms with E-state index in [0.29, 0.717) is 42.7 Å². The molecule has 0 aliphatic carbocycles. The average Bonchev–Trinajstić information content (AvgIpc) is 2.80. The minimum atomic E-state index is -0.0677. The zero-order chi connectivity index (χ0) is 21.8. The first-order valence-corrected chi connectivity index (χ1v) is 11.0. The zero-order valence-corrected chi connectivity index (χ0v) is 18.4. The van der Waals surface area contributed by atoms with Crippen LogP contribution in [0.3, 0.4) is 0 Å². The van der Waals surface area contributed by atoms with Gasteiger partial charge in [0.2, 0.25) is 0 Å². The molecule has 0 saturated carbocycles. The van der Waals surface area contributed by atoms with Crippen LogP contribution in [0.4, 0.5) is 5.82 Å². The fourth-order valence-corrected chi connectivity index (χ4v) is 4.34. The van der Waals surface area contributed by atoms with Gasteiger partial charge < -0.3 is 19.9 Å². The number of hydrogen-bond donors (Lipinski definition) is 1. The summed E-state index contributed by atoms with van der Waals surface area (Å²) in [6, 6.07) is 9.42. The van der Waals surface area contributed by atoms with Crippen molar-refractivity contribution in [1.82, 2.24) is 15.2 Å². The Kier molecular flexibility index (Phi) is 6.73. The number of anilines is 1. The highest BCUT2D eigenvalue weighted by atomic mass is 35.5. The van der Waals surface area contributed by atoms with Gasteiger partial charge in [-0.05, 0) is 37.5 Å². The Morgan fingerprint density at radius 1 is 1.13 bits per heavy atom. The lowest BCUT2D eigenvalue weighted by Gasteiger charge is -2.34. The zero-order valence-electron chi connectivity index (χ0n) is 17.6. The number of nitrogens with zero attached hydrogens (tertiary/aromatic N) is 3. The van der Waals surface area contributed by atoms with Gasteiger partial charge >= 0.3 is 0 Å². The highest BCUT2D eigenvalue weighted by molar-refractivity contribution is 6.33. The quantitative estimate of drug-likeness (QED) is 0.788. The molecule has 0 bridgehead atoms. The molecule has 2 fully saturated rings. The third kappa shape index (κ3) is 4.99. The fraction of sp³-hybridized carbons (Fsp3) is 0.435. The standard InChI is InChI=1S/C23H27ClN4O3/c1-16-4-2-3-5-19(16)22(29)26-18-6-8-27(9-7-18)21-20(24)14-17(15-25-21)23(30)28-10-12-31-13-11-28/h2-5,14-15,18H,6-13H2,1H3,(H,26,29). The first-order valence-electron chi connectivity index (χ1n) is 10.7. The number of carbonyl (C=O) groups is 2. The van der Waals surface area contributed by atoms with E-state index in [-0.39, 0.29) is 17.9 Å². The van der Waals surface area contributed by atoms with Crippen LogP contribution in [-0.2, 0) is 4.74 Å². The Morgan fingerprint density at radius 3 is 2.52 bits per heavy atom. The molecule has 0 radical (unpaired) electrons. The van der Waals surface area contributed by atoms with Gasteiger partial charge in [-0.2, -0.15) is 0 Å². The molecule has 2 aliphatic rings. The van der Waals surface area contributed by atoms with Crippen LogP contribution in [0.15, 0.2) is 36.5 Å². The van der Waals surface area contributed by atoms with Crippen molar-refractivity contribution in [3.8, 4) is 0 Å². The van der Waals surface area contributed by atoms with Crippen LogP contribution in [0, 0.1) is 6.92 Å². The van der Waals surface area contributed by atoms with Crippen LogP contribution in [0.1, 0.15) is 39.1 Å². The predicted molar refractivity (Wildman–Crippen MR) is 120 cm³/mol. The van der Waals surface area contributed by atoms with Gasteiger partial charge in [-0.1, -0.05) is 29.8 Å². The first-order chi connectivity index (χ1) is 15.0. The first kappa shape index (κ1) is 21.6. The smallest absolute Gasteiger partial charge is 0.255 e. The normalized spacial score (nSPS) is 17.5. The molecule has 2 aliphatic heterocycles. The van der Waals surface area contributed by atoms with Crippen molar-refractivity contribution in [2.45, 2.75) is 25.8 Å². The lowest BCUT2D eigenvalue weighted by molar-refractivity contribution is 0.0302. The van der Waals surface area contributed by atoms with Gasteiger partial charge in [0.15, 0.2) is 0 Å². The maximum atomic E-state index is 12.6. The minimum Gasteiger partial charge on any atom is -0.378 e. The van der Waals surface area contributed by atoms with Gasteiger partial charge in [-0.15, -0.1) is 0 Å². The Bertz CT molecular complexity index is 954. The fourth-order valence-electron chi connectivity index (χ4n) is 4.06. The molecular weight excluding hydrogens is 416 g/mol. The number of aromatic nitrogens is 1. The molecule has 1 aromatic carbocycles. The number of piperidine rings is 1. The SMILES string of the molecule is Cc1ccccc1C(=O)NC1CCN(c2ncc(C(=O)N3CCOCC3)cc2Cl)CC1. The number of amides is 2. The van der Waals surface area contributed by atoms with Gasteiger partial charge in [-0.25, -0.2) is 4.98 Å². The summed E-state index contributed by atoms with van der Waals surface area (Å²) in [5, 5.41) is 3.62. The van der Waals surface area contributed by atoms with E-state index in [0.717, 1.165) is 37.1 Å². The molecule has 1 N–H and O–H groups in total. The second-order valence-corrected chi connectivity index (χ2v) is 8.39. The molecule has 4 rings (SSSR count). The Hall–Kier alpha value is -2.64. The van der Waals surface area contributed by atoms with E-state index in [9.17, 15) is 9.59 Å². The Labute approximate surface area is 187 Å². The van der Waals surface area contributed by atoms with Crippen molar-refractivity contribution in [3.63, 3.8) is 0 Å². The van der Waals surface area contributed by atoms with E-state index in [2.05, 4.69) is 15.2 Å². The molecular formula is C23H27ClN4O3. The minimum absolute atomic E-state index is 0.0290. The second-order valence-electron chi connectivity index (χ2n) is 7.98. The molecule has 164 valence electrons. The summed E-state index contributed by atoms with van der Waals surface area (Å²) in [5.41, 5.74) is 2.19. The van der Waals surface area contributed by atoms with Crippen molar-refractivity contribution >= 4 is 29.2 Å². The number of halogens is 1. The molecule has 2 aromatic rings. The maximum absolute atomic E-state index is 12.6. The van der Waals surface area contributed by atoms with E-state index >= 15 is 0 Å². The lowest BCUT2D eigenvalue weighted by atomic mass is 10.0. The van der Waals surface area contributed by atoms with Crippen LogP contribution in [-0.4, -0.2) is 67.1 Å². The van der Waals surface area contributed by atoms with Gasteiger partial charge in [0, 0.05) is 44.0 Å². The molecule has 3 heterocycles. The molecule has 2 saturated heterocycles. The third-order valence-corrected chi connectivity index (χ3v) is 6.16. The molecule has 2 amide bonds. The lowest BCUT2D eigenvalue weighted by Crippen LogP contribution is -2.45. The number of carbonyl (C=O) groups excluding carboxylic acids is 2. The highest BCUT2D eigenvalue weighted by Crippen LogP contribution is 2.27. The largest absolute Gasteiger partial charge is 0.378 e. The summed E-state index contributed by atoms with van der Waals surface area (Å²) in [4.78, 5) is 33.6. The number of morpholine rings is 1. The molecule has 31 heavy (non-hydrogen) atoms. The maximum Gasteiger partial charge on any atom is 0.255 e. The Morgan fingerprint density at radius 2 is 1.84 bits per heavy atom. The van der Waals surface area contributed by atoms with Crippen molar-refractivity contribution in [2.24, 2.45) is 0 Å². The summed E-state index contributed by atoms with van der Waals surface area (Å²) in [6.45, 7) is 5.70. The van der Waals surface area contributed by atoms with Crippen LogP contribution < -0.4 is 10.2 Å². The van der Waals surface area contributed by atoms with Crippen molar-refractivity contribution in [1.29, 1.82) is 0 Å². The van der Waals surface area contributed by atoms with Crippen molar-refractivity contribution in [2.75, 3.05) is 44.3 Å². The average molecular weight is 443 g/mol. The van der Waals surface area contributed by atoms with E-state index in [1.807, 2.05) is 31.2 Å². The van der Waals surface area contributed by atoms with Crippen molar-refractivity contribution in [3.05, 3.63) is 58.2 Å². The summed E-state index contributed by atoms with van der Waals surface area (Å²) >= 11 is 6.49. The number of rotatable bonds is 4. The molecule has 0 spiro atoms. The van der Waals surface area contributed by atoms with Gasteiger partial charge in [0.25, 0.3) is 11.8 Å². The molecule has 1 aromatic heterocycles. The molecule has 0 atom stereocenters. The van der Waals surface area contributed by atoms with Crippen molar-refractivity contribution < 1.29 is 14.3 Å². The summed E-state index contributed by atoms with van der Waals surface area (Å²) in [7, 11) is 0. The van der Waals surface area contributed by atoms with E-state index in [1.54, 1.807) is 17.2 Å². The number of ether oxygens (including phenoxy) is 1. The van der Waals surface area contributed by atoms with E-state index in [4.69, 9.17) is 16.3 Å². The second kappa shape index (κ2) is 9.66. The number of pyridine rings is 1. The monoisotopic (exact) mass is 442 g/mol. The summed E-state index contributed by atoms with van der Waals surface area (Å²) in [6.07, 6.45) is 3.22. The molecule has 0 unspecified atom stereocenters. The Balaban J connectivity index is 1.35. The van der Waals surface area contributed by atoms with Gasteiger partial charge in [-0.3, -0.25) is 9.59 Å². The third-order valence-electron chi connectivity index (χ3n) is 5.89. The topological polar surface area (TPSA) is 74.8 Å². The van der Waals surface area contributed by atoms with Crippen LogP contribution in [0.2, 0.25) is 5.02 Å². The predicted octanol–water partition coefficient (Wildman–Crippen LogP) is 2.91. The summed E-state index contributed by atoms with van der Waals surface area (Å²) in [5.74, 6) is 0.587. The number of aryl methyl sites for hydroxylation is 1. The molecule has 8 heteroatoms. The van der Waals surface area contributed by atoms with Crippen LogP contribution >= 0.6 is 11.6 Å². The van der Waals surface area contributed by atoms with Gasteiger partial charge in [0.05, 0.1) is 23.8 Å². The van der Waals surface area contributed by atoms with Crippen LogP contribution in [0.25, 0.3) is 0 Å². The number of hydrogen-bond acceptors (Lipinski definition) is 5. The number of nitrogens with one attached hydrogen (secondary N) is 1. The van der Waals surface area contributed by atoms with Crippen LogP contribution in [0.5, 0.6) is 0 Å². The number of benzene rings is 1. The van der Waals surface area contributed by atoms with E-state index in [1.165, 1.54) is 0 Å². The van der Waals surface area contributed by atoms with Gasteiger partial charge in [0.1, 0.15) is 5.82 Å².